The first kappa shape index (κ1) is 14.5. The zero-order chi connectivity index (χ0) is 12.7. The van der Waals surface area contributed by atoms with Crippen molar-refractivity contribution >= 4 is 5.91 Å². The lowest BCUT2D eigenvalue weighted by Crippen LogP contribution is -2.41. The van der Waals surface area contributed by atoms with Gasteiger partial charge in [0.2, 0.25) is 5.91 Å². The van der Waals surface area contributed by atoms with Crippen LogP contribution in [0.4, 0.5) is 0 Å². The van der Waals surface area contributed by atoms with Crippen LogP contribution in [0, 0.1) is 11.8 Å². The van der Waals surface area contributed by atoms with Crippen molar-refractivity contribution in [3.05, 3.63) is 0 Å². The summed E-state index contributed by atoms with van der Waals surface area (Å²) in [5.41, 5.74) is 5.66. The summed E-state index contributed by atoms with van der Waals surface area (Å²) in [4.78, 5) is 12.0. The van der Waals surface area contributed by atoms with Crippen LogP contribution in [0.3, 0.4) is 0 Å². The quantitative estimate of drug-likeness (QED) is 0.725. The first-order valence-corrected chi connectivity index (χ1v) is 7.17. The highest BCUT2D eigenvalue weighted by Crippen LogP contribution is 2.22. The van der Waals surface area contributed by atoms with Crippen LogP contribution in [0.2, 0.25) is 0 Å². The highest BCUT2D eigenvalue weighted by molar-refractivity contribution is 5.79. The molecular formula is C14H28N2O. The van der Waals surface area contributed by atoms with Gasteiger partial charge in [-0.05, 0) is 31.6 Å². The van der Waals surface area contributed by atoms with Gasteiger partial charge >= 0.3 is 0 Å². The smallest absolute Gasteiger partial charge is 0.224 e. The summed E-state index contributed by atoms with van der Waals surface area (Å²) in [5.74, 6) is 1.01. The van der Waals surface area contributed by atoms with Gasteiger partial charge in [-0.1, -0.05) is 33.1 Å². The minimum Gasteiger partial charge on any atom is -0.353 e. The fraction of sp³-hybridized carbons (Fsp3) is 0.929. The largest absolute Gasteiger partial charge is 0.353 e. The van der Waals surface area contributed by atoms with Crippen molar-refractivity contribution in [1.82, 2.24) is 5.32 Å². The van der Waals surface area contributed by atoms with Gasteiger partial charge in [-0.2, -0.15) is 0 Å². The van der Waals surface area contributed by atoms with E-state index in [9.17, 15) is 4.79 Å². The first-order valence-electron chi connectivity index (χ1n) is 7.17. The topological polar surface area (TPSA) is 55.1 Å². The molecule has 0 aliphatic heterocycles. The summed E-state index contributed by atoms with van der Waals surface area (Å²) in [6.45, 7) is 4.88. The van der Waals surface area contributed by atoms with Crippen LogP contribution >= 0.6 is 0 Å². The number of nitrogens with two attached hydrogens (primary N) is 1. The Hall–Kier alpha value is -0.570. The first-order chi connectivity index (χ1) is 8.17. The fourth-order valence-corrected chi connectivity index (χ4v) is 2.65. The maximum Gasteiger partial charge on any atom is 0.224 e. The number of carbonyl (C=O) groups is 1. The summed E-state index contributed by atoms with van der Waals surface area (Å²) in [7, 11) is 0. The predicted molar refractivity (Wildman–Crippen MR) is 71.6 cm³/mol. The Bertz CT molecular complexity index is 230. The van der Waals surface area contributed by atoms with Crippen molar-refractivity contribution in [2.24, 2.45) is 17.6 Å². The van der Waals surface area contributed by atoms with Crippen LogP contribution in [-0.2, 0) is 4.79 Å². The Morgan fingerprint density at radius 2 is 2.12 bits per heavy atom. The van der Waals surface area contributed by atoms with Crippen LogP contribution < -0.4 is 11.1 Å². The predicted octanol–water partition coefficient (Wildman–Crippen LogP) is 2.45. The van der Waals surface area contributed by atoms with E-state index in [-0.39, 0.29) is 11.8 Å². The molecule has 0 aromatic carbocycles. The third kappa shape index (κ3) is 5.07. The molecule has 1 aliphatic carbocycles. The van der Waals surface area contributed by atoms with Gasteiger partial charge in [-0.3, -0.25) is 4.79 Å². The summed E-state index contributed by atoms with van der Waals surface area (Å²) in [6.07, 6.45) is 8.00. The molecule has 0 aromatic heterocycles. The molecule has 0 heterocycles. The molecule has 0 spiro atoms. The molecule has 1 saturated carbocycles. The number of amides is 1. The molecule has 0 bridgehead atoms. The Labute approximate surface area is 106 Å². The number of hydrogen-bond acceptors (Lipinski definition) is 2. The number of nitrogens with one attached hydrogen (secondary N) is 1. The molecule has 1 fully saturated rings. The van der Waals surface area contributed by atoms with Crippen molar-refractivity contribution < 1.29 is 4.79 Å². The second-order valence-corrected chi connectivity index (χ2v) is 5.54. The van der Waals surface area contributed by atoms with Gasteiger partial charge in [0.25, 0.3) is 0 Å². The summed E-state index contributed by atoms with van der Waals surface area (Å²) >= 11 is 0. The Kier molecular flexibility index (Phi) is 6.56. The standard InChI is InChI=1S/C14H28N2O/c1-3-5-12(10-15)14(17)16-13-7-4-6-11(2)8-9-13/h11-13H,3-10,15H2,1-2H3,(H,16,17). The van der Waals surface area contributed by atoms with E-state index >= 15 is 0 Å². The molecule has 3 nitrogen and oxygen atoms in total. The van der Waals surface area contributed by atoms with Crippen molar-refractivity contribution in [3.63, 3.8) is 0 Å². The van der Waals surface area contributed by atoms with E-state index in [1.54, 1.807) is 0 Å². The minimum atomic E-state index is 0.0145. The molecule has 3 N–H and O–H groups in total. The van der Waals surface area contributed by atoms with Gasteiger partial charge in [0.05, 0.1) is 5.92 Å². The van der Waals surface area contributed by atoms with E-state index in [4.69, 9.17) is 5.73 Å². The molecule has 1 aliphatic rings. The second kappa shape index (κ2) is 7.70. The van der Waals surface area contributed by atoms with Gasteiger partial charge in [-0.15, -0.1) is 0 Å². The van der Waals surface area contributed by atoms with Crippen LogP contribution in [0.5, 0.6) is 0 Å². The van der Waals surface area contributed by atoms with Crippen LogP contribution in [0.1, 0.15) is 58.8 Å². The second-order valence-electron chi connectivity index (χ2n) is 5.54. The van der Waals surface area contributed by atoms with Gasteiger partial charge in [0.1, 0.15) is 0 Å². The van der Waals surface area contributed by atoms with E-state index in [1.165, 1.54) is 19.3 Å². The lowest BCUT2D eigenvalue weighted by Gasteiger charge is -2.20. The van der Waals surface area contributed by atoms with E-state index < -0.39 is 0 Å². The van der Waals surface area contributed by atoms with Gasteiger partial charge < -0.3 is 11.1 Å². The number of carbonyl (C=O) groups excluding carboxylic acids is 1. The average Bonchev–Trinajstić information content (AvgIpc) is 2.51. The van der Waals surface area contributed by atoms with E-state index in [2.05, 4.69) is 19.2 Å². The lowest BCUT2D eigenvalue weighted by molar-refractivity contribution is -0.125. The summed E-state index contributed by atoms with van der Waals surface area (Å²) in [6, 6.07) is 0.387. The molecule has 3 atom stereocenters. The monoisotopic (exact) mass is 240 g/mol. The molecule has 0 radical (unpaired) electrons. The molecular weight excluding hydrogens is 212 g/mol. The Morgan fingerprint density at radius 1 is 1.35 bits per heavy atom. The molecule has 1 rings (SSSR count). The van der Waals surface area contributed by atoms with Crippen LogP contribution in [0.25, 0.3) is 0 Å². The van der Waals surface area contributed by atoms with Crippen molar-refractivity contribution in [2.75, 3.05) is 6.54 Å². The van der Waals surface area contributed by atoms with Gasteiger partial charge in [-0.25, -0.2) is 0 Å². The zero-order valence-electron chi connectivity index (χ0n) is 11.4. The maximum atomic E-state index is 12.0. The van der Waals surface area contributed by atoms with Crippen molar-refractivity contribution in [2.45, 2.75) is 64.8 Å². The number of rotatable bonds is 5. The van der Waals surface area contributed by atoms with E-state index in [0.717, 1.165) is 31.6 Å². The van der Waals surface area contributed by atoms with Crippen LogP contribution in [0.15, 0.2) is 0 Å². The third-order valence-corrected chi connectivity index (χ3v) is 3.90. The van der Waals surface area contributed by atoms with Crippen molar-refractivity contribution in [3.8, 4) is 0 Å². The molecule has 3 heteroatoms. The maximum absolute atomic E-state index is 12.0. The number of hydrogen-bond donors (Lipinski definition) is 2. The minimum absolute atomic E-state index is 0.0145. The molecule has 100 valence electrons. The summed E-state index contributed by atoms with van der Waals surface area (Å²) in [5, 5.41) is 3.20. The van der Waals surface area contributed by atoms with Crippen molar-refractivity contribution in [1.29, 1.82) is 0 Å². The highest BCUT2D eigenvalue weighted by atomic mass is 16.1. The highest BCUT2D eigenvalue weighted by Gasteiger charge is 2.21. The van der Waals surface area contributed by atoms with E-state index in [1.807, 2.05) is 0 Å². The molecule has 1 amide bonds. The van der Waals surface area contributed by atoms with Crippen LogP contribution in [-0.4, -0.2) is 18.5 Å². The Balaban J connectivity index is 2.38. The van der Waals surface area contributed by atoms with E-state index in [0.29, 0.717) is 12.6 Å². The normalized spacial score (nSPS) is 27.2. The van der Waals surface area contributed by atoms with Gasteiger partial charge in [0, 0.05) is 12.6 Å². The third-order valence-electron chi connectivity index (χ3n) is 3.90. The SMILES string of the molecule is CCCC(CN)C(=O)NC1CCCC(C)CC1. The average molecular weight is 240 g/mol. The molecule has 17 heavy (non-hydrogen) atoms. The molecule has 3 unspecified atom stereocenters. The summed E-state index contributed by atoms with van der Waals surface area (Å²) < 4.78 is 0. The molecule has 0 aromatic rings. The lowest BCUT2D eigenvalue weighted by atomic mass is 10.0. The Morgan fingerprint density at radius 3 is 2.76 bits per heavy atom. The molecule has 0 saturated heterocycles. The zero-order valence-corrected chi connectivity index (χ0v) is 11.4. The van der Waals surface area contributed by atoms with Gasteiger partial charge in [0.15, 0.2) is 0 Å². The fourth-order valence-electron chi connectivity index (χ4n) is 2.65.